The van der Waals surface area contributed by atoms with Crippen molar-refractivity contribution in [3.63, 3.8) is 0 Å². The largest absolute Gasteiger partial charge is 0.352 e. The Labute approximate surface area is 140 Å². The fraction of sp³-hybridized carbons (Fsp3) is 0.400. The van der Waals surface area contributed by atoms with Crippen LogP contribution in [0.4, 0.5) is 0 Å². The fourth-order valence-electron chi connectivity index (χ4n) is 2.55. The van der Waals surface area contributed by atoms with Gasteiger partial charge in [-0.1, -0.05) is 6.92 Å². The number of amides is 1. The first-order chi connectivity index (χ1) is 11.4. The van der Waals surface area contributed by atoms with Crippen molar-refractivity contribution in [2.75, 3.05) is 18.8 Å². The molecule has 8 nitrogen and oxygen atoms in total. The summed E-state index contributed by atoms with van der Waals surface area (Å²) in [6.07, 6.45) is 8.61. The number of fused-ring (bicyclic) bond motifs is 1. The smallest absolute Gasteiger partial charge is 0.256 e. The molecule has 3 heterocycles. The van der Waals surface area contributed by atoms with E-state index in [4.69, 9.17) is 0 Å². The topological polar surface area (TPSA) is 96.7 Å². The van der Waals surface area contributed by atoms with E-state index < -0.39 is 10.0 Å². The van der Waals surface area contributed by atoms with Crippen LogP contribution >= 0.6 is 0 Å². The lowest BCUT2D eigenvalue weighted by atomic mass is 10.1. The third kappa shape index (κ3) is 3.73. The van der Waals surface area contributed by atoms with E-state index in [1.54, 1.807) is 34.1 Å². The molecule has 0 saturated heterocycles. The number of hydrogen-bond acceptors (Lipinski definition) is 5. The van der Waals surface area contributed by atoms with Gasteiger partial charge in [-0.2, -0.15) is 5.10 Å². The van der Waals surface area contributed by atoms with Crippen molar-refractivity contribution in [3.05, 3.63) is 42.4 Å². The summed E-state index contributed by atoms with van der Waals surface area (Å²) in [7, 11) is -3.51. The van der Waals surface area contributed by atoms with E-state index in [1.807, 2.05) is 19.2 Å². The predicted octanol–water partition coefficient (Wildman–Crippen LogP) is 0.133. The first-order valence-corrected chi connectivity index (χ1v) is 9.29. The van der Waals surface area contributed by atoms with E-state index in [-0.39, 0.29) is 29.0 Å². The van der Waals surface area contributed by atoms with Crippen LogP contribution in [-0.4, -0.2) is 53.7 Å². The molecule has 128 valence electrons. The number of rotatable bonds is 5. The molecule has 0 aromatic carbocycles. The quantitative estimate of drug-likeness (QED) is 0.815. The van der Waals surface area contributed by atoms with Crippen LogP contribution < -0.4 is 5.32 Å². The second kappa shape index (κ2) is 6.60. The Morgan fingerprint density at radius 1 is 1.46 bits per heavy atom. The van der Waals surface area contributed by atoms with Gasteiger partial charge in [-0.25, -0.2) is 8.42 Å². The first-order valence-electron chi connectivity index (χ1n) is 7.68. The molecule has 0 unspecified atom stereocenters. The minimum Gasteiger partial charge on any atom is -0.352 e. The minimum atomic E-state index is -3.51. The van der Waals surface area contributed by atoms with E-state index in [0.717, 1.165) is 0 Å². The van der Waals surface area contributed by atoms with Gasteiger partial charge in [-0.15, -0.1) is 4.40 Å². The number of amidine groups is 1. The van der Waals surface area contributed by atoms with Crippen LogP contribution in [0.3, 0.4) is 0 Å². The molecule has 1 atom stereocenters. The summed E-state index contributed by atoms with van der Waals surface area (Å²) in [5, 5.41) is 6.97. The van der Waals surface area contributed by atoms with Crippen LogP contribution in [0.5, 0.6) is 0 Å². The van der Waals surface area contributed by atoms with Gasteiger partial charge in [-0.05, 0) is 24.1 Å². The summed E-state index contributed by atoms with van der Waals surface area (Å²) in [4.78, 5) is 14.1. The van der Waals surface area contributed by atoms with E-state index in [0.29, 0.717) is 19.6 Å². The van der Waals surface area contributed by atoms with Crippen LogP contribution in [0.2, 0.25) is 0 Å². The number of carbonyl (C=O) groups excluding carboxylic acids is 1. The maximum absolute atomic E-state index is 12.4. The predicted molar refractivity (Wildman–Crippen MR) is 89.6 cm³/mol. The molecule has 0 radical (unpaired) electrons. The first kappa shape index (κ1) is 16.4. The standard InChI is InChI=1S/C15H19N5O3S/c1-12(11-20-7-3-5-17-20)10-16-15(21)13-4-2-6-19-8-9-24(22,23)18-14(13)19/h2-7,12H,8-11H2,1H3,(H,16,21)/t12-/m1/s1. The molecule has 2 aliphatic rings. The van der Waals surface area contributed by atoms with Gasteiger partial charge in [-0.3, -0.25) is 9.48 Å². The minimum absolute atomic E-state index is 0.0450. The zero-order valence-electron chi connectivity index (χ0n) is 13.3. The normalized spacial score (nSPS) is 20.0. The number of carbonyl (C=O) groups is 1. The lowest BCUT2D eigenvalue weighted by Crippen LogP contribution is -2.43. The van der Waals surface area contributed by atoms with Crippen LogP contribution in [0.25, 0.3) is 0 Å². The maximum atomic E-state index is 12.4. The molecule has 1 aromatic rings. The molecule has 1 N–H and O–H groups in total. The lowest BCUT2D eigenvalue weighted by molar-refractivity contribution is -0.117. The summed E-state index contributed by atoms with van der Waals surface area (Å²) in [5.74, 6) is 0.00612. The molecule has 9 heteroatoms. The van der Waals surface area contributed by atoms with Gasteiger partial charge in [0.15, 0.2) is 5.84 Å². The van der Waals surface area contributed by atoms with Gasteiger partial charge in [0.25, 0.3) is 15.9 Å². The molecule has 24 heavy (non-hydrogen) atoms. The van der Waals surface area contributed by atoms with Gasteiger partial charge in [0.2, 0.25) is 0 Å². The van der Waals surface area contributed by atoms with Crippen molar-refractivity contribution < 1.29 is 13.2 Å². The highest BCUT2D eigenvalue weighted by atomic mass is 32.2. The highest BCUT2D eigenvalue weighted by molar-refractivity contribution is 7.90. The molecule has 0 spiro atoms. The summed E-state index contributed by atoms with van der Waals surface area (Å²) in [6, 6.07) is 1.85. The monoisotopic (exact) mass is 349 g/mol. The molecule has 2 aliphatic heterocycles. The molecule has 3 rings (SSSR count). The van der Waals surface area contributed by atoms with Gasteiger partial charge in [0.1, 0.15) is 0 Å². The van der Waals surface area contributed by atoms with Gasteiger partial charge >= 0.3 is 0 Å². The average molecular weight is 349 g/mol. The number of allylic oxidation sites excluding steroid dienone is 2. The second-order valence-corrected chi connectivity index (χ2v) is 7.61. The van der Waals surface area contributed by atoms with Crippen molar-refractivity contribution in [1.82, 2.24) is 20.0 Å². The lowest BCUT2D eigenvalue weighted by Gasteiger charge is -2.28. The van der Waals surface area contributed by atoms with Crippen molar-refractivity contribution >= 4 is 21.8 Å². The Hall–Kier alpha value is -2.42. The molecular formula is C15H19N5O3S. The van der Waals surface area contributed by atoms with Crippen LogP contribution in [-0.2, 0) is 21.4 Å². The Bertz CT molecular complexity index is 808. The van der Waals surface area contributed by atoms with E-state index >= 15 is 0 Å². The molecule has 0 aliphatic carbocycles. The molecule has 0 bridgehead atoms. The average Bonchev–Trinajstić information content (AvgIpc) is 3.04. The third-order valence-electron chi connectivity index (χ3n) is 3.77. The van der Waals surface area contributed by atoms with Gasteiger partial charge in [0, 0.05) is 38.2 Å². The van der Waals surface area contributed by atoms with Crippen LogP contribution in [0.15, 0.2) is 46.8 Å². The van der Waals surface area contributed by atoms with Crippen LogP contribution in [0, 0.1) is 5.92 Å². The van der Waals surface area contributed by atoms with Crippen LogP contribution in [0.1, 0.15) is 6.92 Å². The molecule has 1 amide bonds. The highest BCUT2D eigenvalue weighted by Crippen LogP contribution is 2.17. The fourth-order valence-corrected chi connectivity index (χ4v) is 3.53. The number of nitrogens with zero attached hydrogens (tertiary/aromatic N) is 4. The zero-order valence-corrected chi connectivity index (χ0v) is 14.1. The Kier molecular flexibility index (Phi) is 4.52. The molecule has 1 aromatic heterocycles. The Morgan fingerprint density at radius 2 is 2.29 bits per heavy atom. The Morgan fingerprint density at radius 3 is 3.04 bits per heavy atom. The van der Waals surface area contributed by atoms with Gasteiger partial charge in [0.05, 0.1) is 11.3 Å². The van der Waals surface area contributed by atoms with Crippen molar-refractivity contribution in [3.8, 4) is 0 Å². The second-order valence-electron chi connectivity index (χ2n) is 5.86. The van der Waals surface area contributed by atoms with Crippen molar-refractivity contribution in [2.45, 2.75) is 13.5 Å². The maximum Gasteiger partial charge on any atom is 0.256 e. The van der Waals surface area contributed by atoms with E-state index in [2.05, 4.69) is 14.8 Å². The summed E-state index contributed by atoms with van der Waals surface area (Å²) in [6.45, 7) is 3.46. The van der Waals surface area contributed by atoms with E-state index in [9.17, 15) is 13.2 Å². The number of aromatic nitrogens is 2. The van der Waals surface area contributed by atoms with E-state index in [1.165, 1.54) is 0 Å². The highest BCUT2D eigenvalue weighted by Gasteiger charge is 2.29. The molecule has 0 fully saturated rings. The third-order valence-corrected chi connectivity index (χ3v) is 4.92. The summed E-state index contributed by atoms with van der Waals surface area (Å²) >= 11 is 0. The number of hydrogen-bond donors (Lipinski definition) is 1. The summed E-state index contributed by atoms with van der Waals surface area (Å²) < 4.78 is 29.0. The van der Waals surface area contributed by atoms with Crippen molar-refractivity contribution in [2.24, 2.45) is 10.3 Å². The zero-order chi connectivity index (χ0) is 17.2. The number of nitrogens with one attached hydrogen (secondary N) is 1. The molecule has 0 saturated carbocycles. The Balaban J connectivity index is 1.65. The van der Waals surface area contributed by atoms with Gasteiger partial charge < -0.3 is 10.2 Å². The SMILES string of the molecule is C[C@H](CNC(=O)C1=CC=CN2CCS(=O)(=O)N=C12)Cn1cccn1. The number of sulfonamides is 1. The molecular weight excluding hydrogens is 330 g/mol. The van der Waals surface area contributed by atoms with Crippen molar-refractivity contribution in [1.29, 1.82) is 0 Å². The summed E-state index contributed by atoms with van der Waals surface area (Å²) in [5.41, 5.74) is 0.270.